The van der Waals surface area contributed by atoms with E-state index in [2.05, 4.69) is 49.0 Å². The zero-order valence-electron chi connectivity index (χ0n) is 15.9. The number of carbonyl (C=O) groups excluding carboxylic acids is 1. The maximum absolute atomic E-state index is 12.2. The van der Waals surface area contributed by atoms with E-state index in [9.17, 15) is 4.79 Å². The highest BCUT2D eigenvalue weighted by Gasteiger charge is 2.12. The molecule has 0 heterocycles. The molecule has 0 fully saturated rings. The predicted molar refractivity (Wildman–Crippen MR) is 131 cm³/mol. The number of carbonyl (C=O) groups is 1. The molecule has 0 saturated heterocycles. The quantitative estimate of drug-likeness (QED) is 0.204. The van der Waals surface area contributed by atoms with E-state index in [1.54, 1.807) is 37.6 Å². The summed E-state index contributed by atoms with van der Waals surface area (Å²) in [6, 6.07) is 18.3. The van der Waals surface area contributed by atoms with E-state index in [4.69, 9.17) is 21.1 Å². The van der Waals surface area contributed by atoms with Crippen molar-refractivity contribution in [3.05, 3.63) is 90.4 Å². The van der Waals surface area contributed by atoms with E-state index in [0.29, 0.717) is 28.7 Å². The van der Waals surface area contributed by atoms with E-state index in [-0.39, 0.29) is 5.91 Å². The summed E-state index contributed by atoms with van der Waals surface area (Å²) < 4.78 is 13.1. The number of nitrogens with zero attached hydrogens (tertiary/aromatic N) is 1. The molecule has 5 nitrogen and oxygen atoms in total. The van der Waals surface area contributed by atoms with Gasteiger partial charge in [-0.15, -0.1) is 0 Å². The van der Waals surface area contributed by atoms with Crippen molar-refractivity contribution in [3.63, 3.8) is 0 Å². The van der Waals surface area contributed by atoms with E-state index >= 15 is 0 Å². The van der Waals surface area contributed by atoms with E-state index < -0.39 is 0 Å². The number of ether oxygens (including phenoxy) is 2. The fourth-order valence-corrected chi connectivity index (χ4v) is 3.95. The Hall–Kier alpha value is -2.10. The molecule has 0 aliphatic rings. The Balaban J connectivity index is 1.71. The van der Waals surface area contributed by atoms with Crippen LogP contribution in [-0.4, -0.2) is 19.2 Å². The first-order valence-electron chi connectivity index (χ1n) is 8.80. The van der Waals surface area contributed by atoms with Gasteiger partial charge in [-0.3, -0.25) is 4.79 Å². The molecule has 0 bridgehead atoms. The van der Waals surface area contributed by atoms with E-state index in [1.165, 1.54) is 0 Å². The normalized spacial score (nSPS) is 10.8. The molecule has 1 N–H and O–H groups in total. The van der Waals surface area contributed by atoms with Gasteiger partial charge in [-0.1, -0.05) is 51.8 Å². The molecule has 1 amide bonds. The summed E-state index contributed by atoms with van der Waals surface area (Å²) in [5.41, 5.74) is 4.68. The maximum Gasteiger partial charge on any atom is 0.271 e. The molecule has 0 unspecified atom stereocenters. The van der Waals surface area contributed by atoms with E-state index in [1.807, 2.05) is 36.4 Å². The number of nitrogens with one attached hydrogen (secondary N) is 1. The van der Waals surface area contributed by atoms with Crippen molar-refractivity contribution in [2.75, 3.05) is 7.11 Å². The highest BCUT2D eigenvalue weighted by atomic mass is 127. The van der Waals surface area contributed by atoms with Crippen LogP contribution in [0.5, 0.6) is 11.5 Å². The molecule has 30 heavy (non-hydrogen) atoms. The summed E-state index contributed by atoms with van der Waals surface area (Å²) in [5, 5.41) is 4.69. The SMILES string of the molecule is COc1cc(/C=N\NC(=O)c2cccc(Br)c2)cc(I)c1OCc1ccccc1Cl. The minimum absolute atomic E-state index is 0.297. The first-order chi connectivity index (χ1) is 14.5. The monoisotopic (exact) mass is 598 g/mol. The maximum atomic E-state index is 12.2. The Bertz CT molecular complexity index is 1090. The summed E-state index contributed by atoms with van der Waals surface area (Å²) in [7, 11) is 1.57. The van der Waals surface area contributed by atoms with Gasteiger partial charge in [0, 0.05) is 20.6 Å². The molecule has 3 rings (SSSR count). The van der Waals surface area contributed by atoms with Crippen LogP contribution < -0.4 is 14.9 Å². The fraction of sp³-hybridized carbons (Fsp3) is 0.0909. The van der Waals surface area contributed by atoms with Crippen molar-refractivity contribution in [2.24, 2.45) is 5.10 Å². The molecular formula is C22H17BrClIN2O3. The van der Waals surface area contributed by atoms with Crippen molar-refractivity contribution in [3.8, 4) is 11.5 Å². The molecule has 0 saturated carbocycles. The largest absolute Gasteiger partial charge is 0.493 e. The molecule has 0 atom stereocenters. The van der Waals surface area contributed by atoms with Crippen molar-refractivity contribution in [1.29, 1.82) is 0 Å². The average molecular weight is 600 g/mol. The summed E-state index contributed by atoms with van der Waals surface area (Å²) in [5.74, 6) is 0.885. The van der Waals surface area contributed by atoms with Gasteiger partial charge < -0.3 is 9.47 Å². The minimum atomic E-state index is -0.297. The van der Waals surface area contributed by atoms with Gasteiger partial charge in [-0.05, 0) is 64.6 Å². The van der Waals surface area contributed by atoms with Crippen molar-refractivity contribution < 1.29 is 14.3 Å². The van der Waals surface area contributed by atoms with Crippen LogP contribution in [0.1, 0.15) is 21.5 Å². The number of halogens is 3. The van der Waals surface area contributed by atoms with Gasteiger partial charge in [-0.2, -0.15) is 5.10 Å². The van der Waals surface area contributed by atoms with Gasteiger partial charge in [0.05, 0.1) is 16.9 Å². The third kappa shape index (κ3) is 5.96. The van der Waals surface area contributed by atoms with Crippen LogP contribution in [0.4, 0.5) is 0 Å². The Morgan fingerprint density at radius 3 is 2.73 bits per heavy atom. The smallest absolute Gasteiger partial charge is 0.271 e. The number of methoxy groups -OCH3 is 1. The second-order valence-electron chi connectivity index (χ2n) is 6.12. The first-order valence-corrected chi connectivity index (χ1v) is 11.1. The van der Waals surface area contributed by atoms with Crippen molar-refractivity contribution in [2.45, 2.75) is 6.61 Å². The number of benzene rings is 3. The van der Waals surface area contributed by atoms with Crippen LogP contribution in [0.15, 0.2) is 70.2 Å². The third-order valence-electron chi connectivity index (χ3n) is 4.05. The molecule has 0 aliphatic carbocycles. The average Bonchev–Trinajstić information content (AvgIpc) is 2.73. The second kappa shape index (κ2) is 10.8. The Morgan fingerprint density at radius 2 is 2.00 bits per heavy atom. The van der Waals surface area contributed by atoms with Gasteiger partial charge >= 0.3 is 0 Å². The van der Waals surface area contributed by atoms with Crippen LogP contribution in [-0.2, 0) is 6.61 Å². The first kappa shape index (κ1) is 22.6. The third-order valence-corrected chi connectivity index (χ3v) is 5.71. The highest BCUT2D eigenvalue weighted by Crippen LogP contribution is 2.34. The lowest BCUT2D eigenvalue weighted by molar-refractivity contribution is 0.0955. The van der Waals surface area contributed by atoms with Gasteiger partial charge in [-0.25, -0.2) is 5.43 Å². The molecule has 3 aromatic rings. The summed E-state index contributed by atoms with van der Waals surface area (Å²) in [6.07, 6.45) is 1.55. The zero-order chi connectivity index (χ0) is 21.5. The van der Waals surface area contributed by atoms with Gasteiger partial charge in [0.2, 0.25) is 0 Å². The second-order valence-corrected chi connectivity index (χ2v) is 8.61. The molecule has 0 spiro atoms. The molecule has 3 aromatic carbocycles. The summed E-state index contributed by atoms with van der Waals surface area (Å²) >= 11 is 11.7. The minimum Gasteiger partial charge on any atom is -0.493 e. The van der Waals surface area contributed by atoms with E-state index in [0.717, 1.165) is 19.2 Å². The number of hydrogen-bond donors (Lipinski definition) is 1. The number of hydrazone groups is 1. The number of rotatable bonds is 7. The van der Waals surface area contributed by atoms with Crippen LogP contribution >= 0.6 is 50.1 Å². The molecule has 0 radical (unpaired) electrons. The van der Waals surface area contributed by atoms with Crippen LogP contribution in [0.25, 0.3) is 0 Å². The van der Waals surface area contributed by atoms with Gasteiger partial charge in [0.15, 0.2) is 11.5 Å². The summed E-state index contributed by atoms with van der Waals surface area (Å²) in [4.78, 5) is 12.2. The predicted octanol–water partition coefficient (Wildman–Crippen LogP) is 6.06. The Kier molecular flexibility index (Phi) is 8.12. The lowest BCUT2D eigenvalue weighted by atomic mass is 10.2. The van der Waals surface area contributed by atoms with Crippen LogP contribution in [0, 0.1) is 3.57 Å². The Morgan fingerprint density at radius 1 is 1.20 bits per heavy atom. The standard InChI is InChI=1S/C22H17BrClIN2O3/c1-29-20-10-14(12-26-27-22(28)15-6-4-7-17(23)11-15)9-19(25)21(20)30-13-16-5-2-3-8-18(16)24/h2-12H,13H2,1H3,(H,27,28)/b26-12-. The van der Waals surface area contributed by atoms with Crippen molar-refractivity contribution >= 4 is 62.2 Å². The number of amides is 1. The lowest BCUT2D eigenvalue weighted by Crippen LogP contribution is -2.17. The topological polar surface area (TPSA) is 59.9 Å². The van der Waals surface area contributed by atoms with Crippen molar-refractivity contribution in [1.82, 2.24) is 5.43 Å². The van der Waals surface area contributed by atoms with Crippen LogP contribution in [0.3, 0.4) is 0 Å². The van der Waals surface area contributed by atoms with Gasteiger partial charge in [0.1, 0.15) is 6.61 Å². The summed E-state index contributed by atoms with van der Waals surface area (Å²) in [6.45, 7) is 0.322. The Labute approximate surface area is 201 Å². The fourth-order valence-electron chi connectivity index (χ4n) is 2.58. The molecular weight excluding hydrogens is 583 g/mol. The molecule has 0 aromatic heterocycles. The zero-order valence-corrected chi connectivity index (χ0v) is 20.4. The lowest BCUT2D eigenvalue weighted by Gasteiger charge is -2.14. The highest BCUT2D eigenvalue weighted by molar-refractivity contribution is 14.1. The molecule has 154 valence electrons. The van der Waals surface area contributed by atoms with Crippen LogP contribution in [0.2, 0.25) is 5.02 Å². The molecule has 0 aliphatic heterocycles. The van der Waals surface area contributed by atoms with Gasteiger partial charge in [0.25, 0.3) is 5.91 Å². The number of hydrogen-bond acceptors (Lipinski definition) is 4. The molecule has 8 heteroatoms.